The van der Waals surface area contributed by atoms with Crippen LogP contribution in [0.3, 0.4) is 0 Å². The van der Waals surface area contributed by atoms with Crippen LogP contribution < -0.4 is 11.1 Å². The Hall–Kier alpha value is -0.610. The summed E-state index contributed by atoms with van der Waals surface area (Å²) in [5, 5.41) is 12.3. The van der Waals surface area contributed by atoms with Crippen LogP contribution >= 0.6 is 0 Å². The van der Waals surface area contributed by atoms with Gasteiger partial charge in [-0.3, -0.25) is 4.79 Å². The van der Waals surface area contributed by atoms with Gasteiger partial charge in [-0.15, -0.1) is 0 Å². The van der Waals surface area contributed by atoms with E-state index in [-0.39, 0.29) is 24.0 Å². The van der Waals surface area contributed by atoms with Gasteiger partial charge >= 0.3 is 0 Å². The SMILES string of the molecule is CCC(C)[C@H](N)C(=O)NC1CCC(O)CC1. The summed E-state index contributed by atoms with van der Waals surface area (Å²) < 4.78 is 0. The number of nitrogens with one attached hydrogen (secondary N) is 1. The van der Waals surface area contributed by atoms with E-state index in [0.717, 1.165) is 32.1 Å². The van der Waals surface area contributed by atoms with Crippen molar-refractivity contribution in [2.45, 2.75) is 64.1 Å². The second-order valence-corrected chi connectivity index (χ2v) is 4.93. The summed E-state index contributed by atoms with van der Waals surface area (Å²) in [7, 11) is 0. The minimum atomic E-state index is -0.406. The summed E-state index contributed by atoms with van der Waals surface area (Å²) in [6.07, 6.45) is 4.02. The van der Waals surface area contributed by atoms with Crippen LogP contribution in [0, 0.1) is 5.92 Å². The van der Waals surface area contributed by atoms with Gasteiger partial charge < -0.3 is 16.2 Å². The molecule has 1 aliphatic rings. The summed E-state index contributed by atoms with van der Waals surface area (Å²) in [4.78, 5) is 11.8. The van der Waals surface area contributed by atoms with Gasteiger partial charge in [0.15, 0.2) is 0 Å². The molecular formula is C12H24N2O2. The Balaban J connectivity index is 2.33. The highest BCUT2D eigenvalue weighted by atomic mass is 16.3. The Bertz CT molecular complexity index is 225. The molecule has 0 aromatic carbocycles. The molecule has 0 aromatic heterocycles. The third-order valence-corrected chi connectivity index (χ3v) is 3.60. The van der Waals surface area contributed by atoms with Crippen molar-refractivity contribution in [1.82, 2.24) is 5.32 Å². The van der Waals surface area contributed by atoms with Gasteiger partial charge in [0.1, 0.15) is 0 Å². The Kier molecular flexibility index (Phi) is 5.22. The van der Waals surface area contributed by atoms with Crippen LogP contribution in [0.1, 0.15) is 46.0 Å². The number of aliphatic hydroxyl groups is 1. The molecule has 0 aliphatic heterocycles. The van der Waals surface area contributed by atoms with E-state index in [0.29, 0.717) is 0 Å². The second kappa shape index (κ2) is 6.21. The number of nitrogens with two attached hydrogens (primary N) is 1. The molecule has 0 radical (unpaired) electrons. The van der Waals surface area contributed by atoms with Crippen LogP contribution in [-0.4, -0.2) is 29.2 Å². The topological polar surface area (TPSA) is 75.4 Å². The Labute approximate surface area is 97.6 Å². The minimum Gasteiger partial charge on any atom is -0.393 e. The van der Waals surface area contributed by atoms with Crippen LogP contribution in [0.15, 0.2) is 0 Å². The fourth-order valence-electron chi connectivity index (χ4n) is 2.03. The van der Waals surface area contributed by atoms with Crippen molar-refractivity contribution in [2.24, 2.45) is 11.7 Å². The van der Waals surface area contributed by atoms with Crippen LogP contribution in [0.5, 0.6) is 0 Å². The first kappa shape index (κ1) is 13.5. The summed E-state index contributed by atoms with van der Waals surface area (Å²) in [6, 6.07) is -0.206. The van der Waals surface area contributed by atoms with Crippen LogP contribution in [0.4, 0.5) is 0 Å². The molecule has 0 bridgehead atoms. The molecule has 1 aliphatic carbocycles. The molecule has 1 unspecified atom stereocenters. The number of hydrogen-bond acceptors (Lipinski definition) is 3. The third kappa shape index (κ3) is 3.76. The van der Waals surface area contributed by atoms with E-state index in [1.165, 1.54) is 0 Å². The number of amides is 1. The molecule has 0 spiro atoms. The smallest absolute Gasteiger partial charge is 0.237 e. The molecule has 4 N–H and O–H groups in total. The lowest BCUT2D eigenvalue weighted by molar-refractivity contribution is -0.124. The summed E-state index contributed by atoms with van der Waals surface area (Å²) in [6.45, 7) is 4.03. The van der Waals surface area contributed by atoms with Crippen molar-refractivity contribution in [2.75, 3.05) is 0 Å². The molecule has 2 atom stereocenters. The highest BCUT2D eigenvalue weighted by Crippen LogP contribution is 2.18. The number of hydrogen-bond donors (Lipinski definition) is 3. The zero-order chi connectivity index (χ0) is 12.1. The van der Waals surface area contributed by atoms with Gasteiger partial charge in [0.2, 0.25) is 5.91 Å². The van der Waals surface area contributed by atoms with Gasteiger partial charge in [0.05, 0.1) is 12.1 Å². The summed E-state index contributed by atoms with van der Waals surface area (Å²) in [5.41, 5.74) is 5.85. The highest BCUT2D eigenvalue weighted by molar-refractivity contribution is 5.82. The van der Waals surface area contributed by atoms with Crippen molar-refractivity contribution in [3.63, 3.8) is 0 Å². The van der Waals surface area contributed by atoms with Crippen LogP contribution in [-0.2, 0) is 4.79 Å². The first-order valence-corrected chi connectivity index (χ1v) is 6.28. The van der Waals surface area contributed by atoms with Crippen LogP contribution in [0.25, 0.3) is 0 Å². The largest absolute Gasteiger partial charge is 0.393 e. The zero-order valence-corrected chi connectivity index (χ0v) is 10.3. The maximum Gasteiger partial charge on any atom is 0.237 e. The van der Waals surface area contributed by atoms with Crippen molar-refractivity contribution in [3.05, 3.63) is 0 Å². The molecule has 4 nitrogen and oxygen atoms in total. The van der Waals surface area contributed by atoms with E-state index in [4.69, 9.17) is 5.73 Å². The van der Waals surface area contributed by atoms with E-state index >= 15 is 0 Å². The van der Waals surface area contributed by atoms with Gasteiger partial charge in [0.25, 0.3) is 0 Å². The second-order valence-electron chi connectivity index (χ2n) is 4.93. The van der Waals surface area contributed by atoms with Gasteiger partial charge in [0, 0.05) is 6.04 Å². The molecule has 16 heavy (non-hydrogen) atoms. The Morgan fingerprint density at radius 3 is 2.50 bits per heavy atom. The van der Waals surface area contributed by atoms with E-state index in [9.17, 15) is 9.90 Å². The normalized spacial score (nSPS) is 29.5. The quantitative estimate of drug-likeness (QED) is 0.665. The molecule has 1 fully saturated rings. The number of carbonyl (C=O) groups excluding carboxylic acids is 1. The van der Waals surface area contributed by atoms with Crippen molar-refractivity contribution in [3.8, 4) is 0 Å². The molecule has 1 rings (SSSR count). The average Bonchev–Trinajstić information content (AvgIpc) is 2.30. The van der Waals surface area contributed by atoms with Gasteiger partial charge in [-0.05, 0) is 31.6 Å². The van der Waals surface area contributed by atoms with Crippen molar-refractivity contribution >= 4 is 5.91 Å². The lowest BCUT2D eigenvalue weighted by Gasteiger charge is -2.28. The first-order valence-electron chi connectivity index (χ1n) is 6.28. The van der Waals surface area contributed by atoms with Crippen molar-refractivity contribution < 1.29 is 9.90 Å². The summed E-state index contributed by atoms with van der Waals surface area (Å²) in [5.74, 6) is 0.171. The number of carbonyl (C=O) groups is 1. The van der Waals surface area contributed by atoms with Gasteiger partial charge in [-0.25, -0.2) is 0 Å². The van der Waals surface area contributed by atoms with E-state index in [1.807, 2.05) is 13.8 Å². The molecule has 0 heterocycles. The standard InChI is InChI=1S/C12H24N2O2/c1-3-8(2)11(13)12(16)14-9-4-6-10(15)7-5-9/h8-11,15H,3-7,13H2,1-2H3,(H,14,16)/t8?,9?,10?,11-/m0/s1. The molecule has 1 saturated carbocycles. The monoisotopic (exact) mass is 228 g/mol. The molecule has 1 amide bonds. The molecule has 0 aromatic rings. The first-order chi connectivity index (χ1) is 7.54. The minimum absolute atomic E-state index is 0.0456. The zero-order valence-electron chi connectivity index (χ0n) is 10.3. The third-order valence-electron chi connectivity index (χ3n) is 3.60. The maximum atomic E-state index is 11.8. The fourth-order valence-corrected chi connectivity index (χ4v) is 2.03. The maximum absolute atomic E-state index is 11.8. The Morgan fingerprint density at radius 1 is 1.44 bits per heavy atom. The fraction of sp³-hybridized carbons (Fsp3) is 0.917. The lowest BCUT2D eigenvalue weighted by Crippen LogP contribution is -2.49. The van der Waals surface area contributed by atoms with Crippen LogP contribution in [0.2, 0.25) is 0 Å². The molecule has 4 heteroatoms. The summed E-state index contributed by atoms with van der Waals surface area (Å²) >= 11 is 0. The molecular weight excluding hydrogens is 204 g/mol. The average molecular weight is 228 g/mol. The number of rotatable bonds is 4. The van der Waals surface area contributed by atoms with Gasteiger partial charge in [-0.2, -0.15) is 0 Å². The predicted octanol–water partition coefficient (Wildman–Crippen LogP) is 0.779. The molecule has 94 valence electrons. The predicted molar refractivity (Wildman–Crippen MR) is 63.8 cm³/mol. The van der Waals surface area contributed by atoms with Gasteiger partial charge in [-0.1, -0.05) is 20.3 Å². The molecule has 0 saturated heterocycles. The van der Waals surface area contributed by atoms with E-state index < -0.39 is 6.04 Å². The lowest BCUT2D eigenvalue weighted by atomic mass is 9.92. The van der Waals surface area contributed by atoms with E-state index in [1.54, 1.807) is 0 Å². The van der Waals surface area contributed by atoms with E-state index in [2.05, 4.69) is 5.32 Å². The highest BCUT2D eigenvalue weighted by Gasteiger charge is 2.25. The van der Waals surface area contributed by atoms with Crippen molar-refractivity contribution in [1.29, 1.82) is 0 Å². The number of aliphatic hydroxyl groups excluding tert-OH is 1. The Morgan fingerprint density at radius 2 is 2.00 bits per heavy atom.